The Morgan fingerprint density at radius 3 is 2.52 bits per heavy atom. The van der Waals surface area contributed by atoms with Gasteiger partial charge >= 0.3 is 6.09 Å². The Kier molecular flexibility index (Phi) is 5.40. The minimum Gasteiger partial charge on any atom is -0.486 e. The van der Waals surface area contributed by atoms with Crippen molar-refractivity contribution in [1.82, 2.24) is 4.90 Å². The highest BCUT2D eigenvalue weighted by atomic mass is 16.6. The Labute approximate surface area is 150 Å². The number of para-hydroxylation sites is 2. The molecule has 0 N–H and O–H groups in total. The molecular weight excluding hydrogens is 316 g/mol. The maximum Gasteiger partial charge on any atom is 0.410 e. The molecule has 0 bridgehead atoms. The van der Waals surface area contributed by atoms with Gasteiger partial charge in [0.2, 0.25) is 0 Å². The molecule has 1 aromatic rings. The smallest absolute Gasteiger partial charge is 0.410 e. The van der Waals surface area contributed by atoms with Gasteiger partial charge in [-0.15, -0.1) is 0 Å². The van der Waals surface area contributed by atoms with Crippen molar-refractivity contribution in [1.29, 1.82) is 0 Å². The largest absolute Gasteiger partial charge is 0.486 e. The van der Waals surface area contributed by atoms with Crippen LogP contribution >= 0.6 is 0 Å². The number of nitrogens with zero attached hydrogens (tertiary/aromatic N) is 2. The van der Waals surface area contributed by atoms with Gasteiger partial charge in [-0.2, -0.15) is 0 Å². The second-order valence-corrected chi connectivity index (χ2v) is 7.97. The van der Waals surface area contributed by atoms with Crippen LogP contribution in [0.25, 0.3) is 0 Å². The fourth-order valence-corrected chi connectivity index (χ4v) is 3.48. The monoisotopic (exact) mass is 346 g/mol. The molecule has 1 aromatic carbocycles. The Hall–Kier alpha value is -1.91. The molecule has 0 aliphatic carbocycles. The van der Waals surface area contributed by atoms with E-state index in [1.54, 1.807) is 4.90 Å². The number of ether oxygens (including phenoxy) is 2. The average Bonchev–Trinajstić information content (AvgIpc) is 3.08. The number of anilines is 1. The Morgan fingerprint density at radius 2 is 1.80 bits per heavy atom. The predicted octanol–water partition coefficient (Wildman–Crippen LogP) is 4.07. The van der Waals surface area contributed by atoms with Gasteiger partial charge in [0.25, 0.3) is 0 Å². The first-order valence-corrected chi connectivity index (χ1v) is 9.41. The van der Waals surface area contributed by atoms with Gasteiger partial charge in [0.05, 0.1) is 12.2 Å². The summed E-state index contributed by atoms with van der Waals surface area (Å²) in [4.78, 5) is 16.5. The van der Waals surface area contributed by atoms with Crippen molar-refractivity contribution in [2.45, 2.75) is 58.2 Å². The van der Waals surface area contributed by atoms with Gasteiger partial charge < -0.3 is 19.3 Å². The molecule has 5 heteroatoms. The highest BCUT2D eigenvalue weighted by Gasteiger charge is 2.29. The SMILES string of the molecule is CC(C)(C)OC(=O)N1CCCC(Oc2ccccc2N2CCCC2)C1. The molecule has 0 saturated carbocycles. The van der Waals surface area contributed by atoms with E-state index in [0.717, 1.165) is 38.2 Å². The molecule has 2 aliphatic heterocycles. The van der Waals surface area contributed by atoms with E-state index in [2.05, 4.69) is 17.0 Å². The number of benzene rings is 1. The number of rotatable bonds is 3. The first-order chi connectivity index (χ1) is 11.9. The normalized spacial score (nSPS) is 21.3. The first kappa shape index (κ1) is 17.9. The quantitative estimate of drug-likeness (QED) is 0.827. The zero-order chi connectivity index (χ0) is 17.9. The zero-order valence-electron chi connectivity index (χ0n) is 15.7. The molecule has 3 rings (SSSR count). The molecule has 1 atom stereocenters. The maximum absolute atomic E-state index is 12.3. The van der Waals surface area contributed by atoms with Gasteiger partial charge in [0, 0.05) is 19.6 Å². The fourth-order valence-electron chi connectivity index (χ4n) is 3.48. The Bertz CT molecular complexity index is 591. The van der Waals surface area contributed by atoms with Crippen LogP contribution in [0.15, 0.2) is 24.3 Å². The topological polar surface area (TPSA) is 42.0 Å². The number of likely N-dealkylation sites (tertiary alicyclic amines) is 1. The van der Waals surface area contributed by atoms with Gasteiger partial charge in [-0.1, -0.05) is 12.1 Å². The summed E-state index contributed by atoms with van der Waals surface area (Å²) >= 11 is 0. The second kappa shape index (κ2) is 7.54. The molecule has 2 aliphatic rings. The summed E-state index contributed by atoms with van der Waals surface area (Å²) < 4.78 is 11.8. The summed E-state index contributed by atoms with van der Waals surface area (Å²) in [6.07, 6.45) is 4.16. The highest BCUT2D eigenvalue weighted by Crippen LogP contribution is 2.32. The van der Waals surface area contributed by atoms with E-state index in [4.69, 9.17) is 9.47 Å². The first-order valence-electron chi connectivity index (χ1n) is 9.41. The molecule has 2 fully saturated rings. The number of hydrogen-bond donors (Lipinski definition) is 0. The lowest BCUT2D eigenvalue weighted by Gasteiger charge is -2.34. The van der Waals surface area contributed by atoms with Crippen molar-refractivity contribution < 1.29 is 14.3 Å². The second-order valence-electron chi connectivity index (χ2n) is 7.97. The van der Waals surface area contributed by atoms with E-state index < -0.39 is 5.60 Å². The standard InChI is InChI=1S/C20H30N2O3/c1-20(2,3)25-19(23)22-14-8-9-16(15-22)24-18-11-5-4-10-17(18)21-12-6-7-13-21/h4-5,10-11,16H,6-9,12-15H2,1-3H3. The summed E-state index contributed by atoms with van der Waals surface area (Å²) in [6.45, 7) is 9.20. The van der Waals surface area contributed by atoms with Crippen LogP contribution in [0.4, 0.5) is 10.5 Å². The van der Waals surface area contributed by atoms with E-state index in [9.17, 15) is 4.79 Å². The van der Waals surface area contributed by atoms with Crippen LogP contribution in [0.2, 0.25) is 0 Å². The van der Waals surface area contributed by atoms with Gasteiger partial charge in [-0.25, -0.2) is 4.79 Å². The van der Waals surface area contributed by atoms with Crippen molar-refractivity contribution in [3.05, 3.63) is 24.3 Å². The minimum absolute atomic E-state index is 0.0185. The third-order valence-electron chi connectivity index (χ3n) is 4.64. The van der Waals surface area contributed by atoms with Crippen LogP contribution < -0.4 is 9.64 Å². The molecule has 138 valence electrons. The lowest BCUT2D eigenvalue weighted by molar-refractivity contribution is 0.00782. The molecule has 1 amide bonds. The van der Waals surface area contributed by atoms with Gasteiger partial charge in [0.1, 0.15) is 17.5 Å². The van der Waals surface area contributed by atoms with Crippen molar-refractivity contribution in [2.24, 2.45) is 0 Å². The number of amides is 1. The van der Waals surface area contributed by atoms with Crippen molar-refractivity contribution >= 4 is 11.8 Å². The van der Waals surface area contributed by atoms with Crippen LogP contribution in [0.3, 0.4) is 0 Å². The molecule has 5 nitrogen and oxygen atoms in total. The lowest BCUT2D eigenvalue weighted by atomic mass is 10.1. The molecule has 0 spiro atoms. The summed E-state index contributed by atoms with van der Waals surface area (Å²) in [5.41, 5.74) is 0.710. The van der Waals surface area contributed by atoms with Crippen molar-refractivity contribution in [3.8, 4) is 5.75 Å². The molecule has 1 unspecified atom stereocenters. The summed E-state index contributed by atoms with van der Waals surface area (Å²) in [7, 11) is 0. The van der Waals surface area contributed by atoms with Crippen LogP contribution in [-0.2, 0) is 4.74 Å². The number of piperidine rings is 1. The van der Waals surface area contributed by atoms with E-state index in [1.165, 1.54) is 18.5 Å². The average molecular weight is 346 g/mol. The molecule has 0 aromatic heterocycles. The van der Waals surface area contributed by atoms with Crippen LogP contribution in [0, 0.1) is 0 Å². The number of carbonyl (C=O) groups excluding carboxylic acids is 1. The van der Waals surface area contributed by atoms with Gasteiger partial charge in [0.15, 0.2) is 0 Å². The lowest BCUT2D eigenvalue weighted by Crippen LogP contribution is -2.46. The van der Waals surface area contributed by atoms with E-state index in [0.29, 0.717) is 6.54 Å². The third kappa shape index (κ3) is 4.80. The summed E-state index contributed by atoms with van der Waals surface area (Å²) in [5, 5.41) is 0. The van der Waals surface area contributed by atoms with E-state index in [1.807, 2.05) is 32.9 Å². The van der Waals surface area contributed by atoms with Gasteiger partial charge in [-0.3, -0.25) is 0 Å². The van der Waals surface area contributed by atoms with Crippen molar-refractivity contribution in [3.63, 3.8) is 0 Å². The molecule has 0 radical (unpaired) electrons. The zero-order valence-corrected chi connectivity index (χ0v) is 15.7. The highest BCUT2D eigenvalue weighted by molar-refractivity contribution is 5.68. The fraction of sp³-hybridized carbons (Fsp3) is 0.650. The van der Waals surface area contributed by atoms with Crippen LogP contribution in [0.1, 0.15) is 46.5 Å². The summed E-state index contributed by atoms with van der Waals surface area (Å²) in [6, 6.07) is 8.26. The third-order valence-corrected chi connectivity index (χ3v) is 4.64. The summed E-state index contributed by atoms with van der Waals surface area (Å²) in [5.74, 6) is 0.931. The maximum atomic E-state index is 12.3. The minimum atomic E-state index is -0.465. The molecular formula is C20H30N2O3. The molecule has 2 heterocycles. The van der Waals surface area contributed by atoms with Crippen LogP contribution in [0.5, 0.6) is 5.75 Å². The van der Waals surface area contributed by atoms with Crippen molar-refractivity contribution in [2.75, 3.05) is 31.1 Å². The van der Waals surface area contributed by atoms with E-state index >= 15 is 0 Å². The van der Waals surface area contributed by atoms with Crippen LogP contribution in [-0.4, -0.2) is 48.9 Å². The van der Waals surface area contributed by atoms with Gasteiger partial charge in [-0.05, 0) is 58.6 Å². The van der Waals surface area contributed by atoms with E-state index in [-0.39, 0.29) is 12.2 Å². The Morgan fingerprint density at radius 1 is 1.08 bits per heavy atom. The number of hydrogen-bond acceptors (Lipinski definition) is 4. The molecule has 2 saturated heterocycles. The predicted molar refractivity (Wildman–Crippen MR) is 99.3 cm³/mol. The Balaban J connectivity index is 1.64. The molecule has 25 heavy (non-hydrogen) atoms. The number of carbonyl (C=O) groups is 1.